The van der Waals surface area contributed by atoms with E-state index >= 15 is 0 Å². The van der Waals surface area contributed by atoms with Crippen LogP contribution in [0.25, 0.3) is 0 Å². The van der Waals surface area contributed by atoms with E-state index in [0.717, 1.165) is 0 Å². The molecule has 0 atom stereocenters. The molecule has 0 aromatic heterocycles. The fraction of sp³-hybridized carbons (Fsp3) is 0.429. The topological polar surface area (TPSA) is 110 Å². The molecule has 0 aliphatic carbocycles. The molecule has 0 radical (unpaired) electrons. The van der Waals surface area contributed by atoms with E-state index in [1.54, 1.807) is 26.8 Å². The Labute approximate surface area is 122 Å². The molecule has 1 aromatic rings. The van der Waals surface area contributed by atoms with E-state index in [-0.39, 0.29) is 24.2 Å². The third-order valence-electron chi connectivity index (χ3n) is 3.29. The van der Waals surface area contributed by atoms with Gasteiger partial charge in [-0.2, -0.15) is 0 Å². The number of benzene rings is 1. The SMILES string of the molecule is Cc1cccc([N+](=O)[O-])c1C(=O)NCCC(C)(C)C(=O)O. The van der Waals surface area contributed by atoms with Crippen LogP contribution in [-0.4, -0.2) is 28.5 Å². The summed E-state index contributed by atoms with van der Waals surface area (Å²) in [6.07, 6.45) is 0.230. The number of hydrogen-bond acceptors (Lipinski definition) is 4. The fourth-order valence-corrected chi connectivity index (χ4v) is 1.78. The van der Waals surface area contributed by atoms with Gasteiger partial charge in [0.05, 0.1) is 10.3 Å². The van der Waals surface area contributed by atoms with Crippen molar-refractivity contribution >= 4 is 17.6 Å². The Morgan fingerprint density at radius 2 is 2.00 bits per heavy atom. The summed E-state index contributed by atoms with van der Waals surface area (Å²) in [5.41, 5.74) is -0.717. The Hall–Kier alpha value is -2.44. The third-order valence-corrected chi connectivity index (χ3v) is 3.29. The smallest absolute Gasteiger partial charge is 0.309 e. The van der Waals surface area contributed by atoms with Crippen molar-refractivity contribution in [2.45, 2.75) is 27.2 Å². The molecule has 0 unspecified atom stereocenters. The maximum absolute atomic E-state index is 12.1. The minimum Gasteiger partial charge on any atom is -0.481 e. The molecule has 7 heteroatoms. The third kappa shape index (κ3) is 4.01. The molecule has 0 bridgehead atoms. The largest absolute Gasteiger partial charge is 0.481 e. The van der Waals surface area contributed by atoms with Crippen molar-refractivity contribution in [3.8, 4) is 0 Å². The van der Waals surface area contributed by atoms with Crippen molar-refractivity contribution in [2.24, 2.45) is 5.41 Å². The highest BCUT2D eigenvalue weighted by atomic mass is 16.6. The van der Waals surface area contributed by atoms with E-state index in [2.05, 4.69) is 5.32 Å². The van der Waals surface area contributed by atoms with Crippen LogP contribution in [0.5, 0.6) is 0 Å². The van der Waals surface area contributed by atoms with Crippen LogP contribution in [0.3, 0.4) is 0 Å². The van der Waals surface area contributed by atoms with Gasteiger partial charge in [0.1, 0.15) is 5.56 Å². The lowest BCUT2D eigenvalue weighted by Gasteiger charge is -2.19. The first-order valence-electron chi connectivity index (χ1n) is 6.42. The predicted octanol–water partition coefficient (Wildman–Crippen LogP) is 2.13. The molecular formula is C14H18N2O5. The summed E-state index contributed by atoms with van der Waals surface area (Å²) in [7, 11) is 0. The molecule has 7 nitrogen and oxygen atoms in total. The van der Waals surface area contributed by atoms with Gasteiger partial charge in [-0.15, -0.1) is 0 Å². The second-order valence-electron chi connectivity index (χ2n) is 5.42. The van der Waals surface area contributed by atoms with Crippen molar-refractivity contribution in [1.82, 2.24) is 5.32 Å². The lowest BCUT2D eigenvalue weighted by Crippen LogP contribution is -2.32. The number of carbonyl (C=O) groups is 2. The van der Waals surface area contributed by atoms with Gasteiger partial charge in [-0.1, -0.05) is 12.1 Å². The highest BCUT2D eigenvalue weighted by Crippen LogP contribution is 2.22. The van der Waals surface area contributed by atoms with Crippen LogP contribution in [0.2, 0.25) is 0 Å². The maximum Gasteiger partial charge on any atom is 0.309 e. The molecule has 1 amide bonds. The van der Waals surface area contributed by atoms with Gasteiger partial charge >= 0.3 is 5.97 Å². The summed E-state index contributed by atoms with van der Waals surface area (Å²) in [6.45, 7) is 4.85. The molecular weight excluding hydrogens is 276 g/mol. The average Bonchev–Trinajstić information content (AvgIpc) is 2.37. The van der Waals surface area contributed by atoms with Crippen molar-refractivity contribution in [3.05, 3.63) is 39.4 Å². The van der Waals surface area contributed by atoms with Gasteiger partial charge in [-0.05, 0) is 32.8 Å². The van der Waals surface area contributed by atoms with Crippen LogP contribution in [0, 0.1) is 22.5 Å². The number of amides is 1. The molecule has 0 saturated carbocycles. The normalized spacial score (nSPS) is 11.0. The number of nitro benzene ring substituents is 1. The highest BCUT2D eigenvalue weighted by molar-refractivity contribution is 5.99. The first-order chi connectivity index (χ1) is 9.66. The van der Waals surface area contributed by atoms with Gasteiger partial charge in [0.2, 0.25) is 0 Å². The maximum atomic E-state index is 12.1. The lowest BCUT2D eigenvalue weighted by atomic mass is 9.89. The molecule has 0 spiro atoms. The molecule has 0 saturated heterocycles. The summed E-state index contributed by atoms with van der Waals surface area (Å²) < 4.78 is 0. The number of hydrogen-bond donors (Lipinski definition) is 2. The molecule has 0 heterocycles. The van der Waals surface area contributed by atoms with Gasteiger partial charge in [-0.3, -0.25) is 19.7 Å². The molecule has 1 rings (SSSR count). The van der Waals surface area contributed by atoms with Crippen molar-refractivity contribution < 1.29 is 19.6 Å². The number of aryl methyl sites for hydroxylation is 1. The summed E-state index contributed by atoms with van der Waals surface area (Å²) in [6, 6.07) is 4.39. The van der Waals surface area contributed by atoms with E-state index in [1.807, 2.05) is 0 Å². The number of nitrogens with one attached hydrogen (secondary N) is 1. The summed E-state index contributed by atoms with van der Waals surface area (Å²) in [4.78, 5) is 33.4. The summed E-state index contributed by atoms with van der Waals surface area (Å²) in [5.74, 6) is -1.53. The number of carboxylic acids is 1. The zero-order chi connectivity index (χ0) is 16.2. The number of carboxylic acid groups (broad SMARTS) is 1. The highest BCUT2D eigenvalue weighted by Gasteiger charge is 2.27. The average molecular weight is 294 g/mol. The Balaban J connectivity index is 2.82. The quantitative estimate of drug-likeness (QED) is 0.617. The second-order valence-corrected chi connectivity index (χ2v) is 5.42. The molecule has 0 aliphatic rings. The lowest BCUT2D eigenvalue weighted by molar-refractivity contribution is -0.385. The van der Waals surface area contributed by atoms with Crippen LogP contribution < -0.4 is 5.32 Å². The Morgan fingerprint density at radius 1 is 1.38 bits per heavy atom. The van der Waals surface area contributed by atoms with Crippen LogP contribution in [0.1, 0.15) is 36.2 Å². The van der Waals surface area contributed by atoms with Crippen LogP contribution in [-0.2, 0) is 4.79 Å². The monoisotopic (exact) mass is 294 g/mol. The van der Waals surface area contributed by atoms with Crippen LogP contribution in [0.4, 0.5) is 5.69 Å². The first kappa shape index (κ1) is 16.6. The first-order valence-corrected chi connectivity index (χ1v) is 6.42. The van der Waals surface area contributed by atoms with Crippen molar-refractivity contribution in [2.75, 3.05) is 6.54 Å². The Kier molecular flexibility index (Phi) is 5.02. The van der Waals surface area contributed by atoms with E-state index < -0.39 is 22.2 Å². The van der Waals surface area contributed by atoms with Crippen molar-refractivity contribution in [1.29, 1.82) is 0 Å². The number of aliphatic carboxylic acids is 1. The van der Waals surface area contributed by atoms with Gasteiger partial charge in [0.15, 0.2) is 0 Å². The summed E-state index contributed by atoms with van der Waals surface area (Å²) >= 11 is 0. The minimum atomic E-state index is -0.967. The van der Waals surface area contributed by atoms with E-state index in [0.29, 0.717) is 5.56 Å². The fourth-order valence-electron chi connectivity index (χ4n) is 1.78. The van der Waals surface area contributed by atoms with E-state index in [1.165, 1.54) is 12.1 Å². The standard InChI is InChI=1S/C14H18N2O5/c1-9-5-4-6-10(16(20)21)11(9)12(17)15-8-7-14(2,3)13(18)19/h4-6H,7-8H2,1-3H3,(H,15,17)(H,18,19). The van der Waals surface area contributed by atoms with Crippen LogP contribution in [0.15, 0.2) is 18.2 Å². The summed E-state index contributed by atoms with van der Waals surface area (Å²) in [5, 5.41) is 22.5. The van der Waals surface area contributed by atoms with E-state index in [9.17, 15) is 19.7 Å². The zero-order valence-corrected chi connectivity index (χ0v) is 12.2. The van der Waals surface area contributed by atoms with Crippen LogP contribution >= 0.6 is 0 Å². The predicted molar refractivity (Wildman–Crippen MR) is 76.2 cm³/mol. The molecule has 2 N–H and O–H groups in total. The Morgan fingerprint density at radius 3 is 2.52 bits per heavy atom. The number of carbonyl (C=O) groups excluding carboxylic acids is 1. The van der Waals surface area contributed by atoms with Gasteiger partial charge in [-0.25, -0.2) is 0 Å². The molecule has 21 heavy (non-hydrogen) atoms. The molecule has 1 aromatic carbocycles. The van der Waals surface area contributed by atoms with E-state index in [4.69, 9.17) is 5.11 Å². The van der Waals surface area contributed by atoms with Gasteiger partial charge < -0.3 is 10.4 Å². The molecule has 0 aliphatic heterocycles. The zero-order valence-electron chi connectivity index (χ0n) is 12.2. The minimum absolute atomic E-state index is 0.00984. The van der Waals surface area contributed by atoms with Gasteiger partial charge in [0.25, 0.3) is 11.6 Å². The Bertz CT molecular complexity index is 581. The molecule has 0 fully saturated rings. The van der Waals surface area contributed by atoms with Gasteiger partial charge in [0, 0.05) is 12.6 Å². The second kappa shape index (κ2) is 6.34. The van der Waals surface area contributed by atoms with Crippen molar-refractivity contribution in [3.63, 3.8) is 0 Å². The number of rotatable bonds is 6. The number of nitrogens with zero attached hydrogens (tertiary/aromatic N) is 1. The number of nitro groups is 1. The molecule has 114 valence electrons.